The number of aromatic carboxylic acids is 1. The van der Waals surface area contributed by atoms with Gasteiger partial charge in [0.25, 0.3) is 5.91 Å². The number of carbonyl (C=O) groups is 2. The highest BCUT2D eigenvalue weighted by molar-refractivity contribution is 5.95. The standard InChI is InChI=1S/C14H19N5O3/c1-4-11-10(8-18(3)16-11)13(20)15-5-6-19-9(2)7-12(17-19)14(21)22/h7-8H,4-6H2,1-3H3,(H,15,20)(H,21,22). The smallest absolute Gasteiger partial charge is 0.356 e. The van der Waals surface area contributed by atoms with Gasteiger partial charge in [-0.05, 0) is 19.4 Å². The predicted octanol–water partition coefficient (Wildman–Crippen LogP) is 0.616. The summed E-state index contributed by atoms with van der Waals surface area (Å²) in [6, 6.07) is 1.50. The molecule has 0 spiro atoms. The first-order chi connectivity index (χ1) is 10.4. The lowest BCUT2D eigenvalue weighted by molar-refractivity contribution is 0.0689. The molecule has 8 nitrogen and oxygen atoms in total. The molecule has 2 heterocycles. The summed E-state index contributed by atoms with van der Waals surface area (Å²) in [7, 11) is 1.77. The minimum atomic E-state index is -1.06. The van der Waals surface area contributed by atoms with Crippen LogP contribution in [0, 0.1) is 6.92 Å². The molecule has 0 aliphatic rings. The van der Waals surface area contributed by atoms with Crippen molar-refractivity contribution in [2.45, 2.75) is 26.8 Å². The third-order valence-electron chi connectivity index (χ3n) is 3.29. The topological polar surface area (TPSA) is 102 Å². The first-order valence-corrected chi connectivity index (χ1v) is 7.00. The summed E-state index contributed by atoms with van der Waals surface area (Å²) < 4.78 is 3.18. The molecular weight excluding hydrogens is 286 g/mol. The number of nitrogens with zero attached hydrogens (tertiary/aromatic N) is 4. The molecule has 22 heavy (non-hydrogen) atoms. The number of aryl methyl sites for hydroxylation is 3. The van der Waals surface area contributed by atoms with Crippen LogP contribution in [0.1, 0.15) is 39.2 Å². The monoisotopic (exact) mass is 305 g/mol. The number of nitrogens with one attached hydrogen (secondary N) is 1. The van der Waals surface area contributed by atoms with Gasteiger partial charge in [0.1, 0.15) is 0 Å². The number of rotatable bonds is 6. The van der Waals surface area contributed by atoms with Crippen molar-refractivity contribution in [2.75, 3.05) is 6.54 Å². The van der Waals surface area contributed by atoms with Crippen molar-refractivity contribution in [3.63, 3.8) is 0 Å². The largest absolute Gasteiger partial charge is 0.476 e. The van der Waals surface area contributed by atoms with Crippen molar-refractivity contribution in [2.24, 2.45) is 7.05 Å². The Kier molecular flexibility index (Phi) is 4.59. The van der Waals surface area contributed by atoms with Gasteiger partial charge in [0.05, 0.1) is 17.8 Å². The van der Waals surface area contributed by atoms with E-state index < -0.39 is 5.97 Å². The molecule has 0 fully saturated rings. The van der Waals surface area contributed by atoms with Gasteiger partial charge >= 0.3 is 5.97 Å². The Bertz CT molecular complexity index is 701. The zero-order valence-electron chi connectivity index (χ0n) is 12.8. The maximum atomic E-state index is 12.1. The summed E-state index contributed by atoms with van der Waals surface area (Å²) >= 11 is 0. The normalized spacial score (nSPS) is 10.7. The van der Waals surface area contributed by atoms with Crippen molar-refractivity contribution in [3.05, 3.63) is 34.9 Å². The average Bonchev–Trinajstić information content (AvgIpc) is 3.02. The molecule has 0 saturated heterocycles. The summed E-state index contributed by atoms with van der Waals surface area (Å²) in [4.78, 5) is 23.0. The molecule has 0 saturated carbocycles. The molecule has 2 aromatic rings. The van der Waals surface area contributed by atoms with E-state index in [1.54, 1.807) is 29.5 Å². The van der Waals surface area contributed by atoms with Crippen LogP contribution in [0.2, 0.25) is 0 Å². The summed E-state index contributed by atoms with van der Waals surface area (Å²) in [6.45, 7) is 4.49. The van der Waals surface area contributed by atoms with Crippen LogP contribution in [-0.2, 0) is 20.0 Å². The van der Waals surface area contributed by atoms with Gasteiger partial charge in [0.2, 0.25) is 0 Å². The Labute approximate surface area is 127 Å². The fraction of sp³-hybridized carbons (Fsp3) is 0.429. The lowest BCUT2D eigenvalue weighted by Crippen LogP contribution is -2.28. The van der Waals surface area contributed by atoms with Crippen LogP contribution in [0.3, 0.4) is 0 Å². The third-order valence-corrected chi connectivity index (χ3v) is 3.29. The Balaban J connectivity index is 1.96. The fourth-order valence-corrected chi connectivity index (χ4v) is 2.20. The Morgan fingerprint density at radius 1 is 1.36 bits per heavy atom. The van der Waals surface area contributed by atoms with E-state index in [0.29, 0.717) is 25.1 Å². The van der Waals surface area contributed by atoms with E-state index in [4.69, 9.17) is 5.11 Å². The molecule has 8 heteroatoms. The molecule has 2 rings (SSSR count). The Morgan fingerprint density at radius 3 is 2.68 bits per heavy atom. The van der Waals surface area contributed by atoms with Gasteiger partial charge in [0.15, 0.2) is 5.69 Å². The van der Waals surface area contributed by atoms with E-state index in [1.807, 2.05) is 6.92 Å². The van der Waals surface area contributed by atoms with Crippen LogP contribution in [0.4, 0.5) is 0 Å². The third kappa shape index (κ3) is 3.33. The molecule has 2 N–H and O–H groups in total. The number of hydrogen-bond acceptors (Lipinski definition) is 4. The quantitative estimate of drug-likeness (QED) is 0.814. The zero-order chi connectivity index (χ0) is 16.3. The number of amides is 1. The highest BCUT2D eigenvalue weighted by atomic mass is 16.4. The van der Waals surface area contributed by atoms with Gasteiger partial charge in [-0.15, -0.1) is 0 Å². The van der Waals surface area contributed by atoms with Gasteiger partial charge in [-0.3, -0.25) is 14.2 Å². The van der Waals surface area contributed by atoms with Crippen molar-refractivity contribution >= 4 is 11.9 Å². The van der Waals surface area contributed by atoms with Crippen LogP contribution in [0.15, 0.2) is 12.3 Å². The molecule has 0 aliphatic carbocycles. The molecule has 118 valence electrons. The van der Waals surface area contributed by atoms with Crippen LogP contribution < -0.4 is 5.32 Å². The lowest BCUT2D eigenvalue weighted by atomic mass is 10.2. The summed E-state index contributed by atoms with van der Waals surface area (Å²) in [5.41, 5.74) is 2.06. The molecule has 0 unspecified atom stereocenters. The summed E-state index contributed by atoms with van der Waals surface area (Å²) in [5, 5.41) is 19.9. The maximum Gasteiger partial charge on any atom is 0.356 e. The second-order valence-corrected chi connectivity index (χ2v) is 4.97. The minimum absolute atomic E-state index is 0.00403. The first-order valence-electron chi connectivity index (χ1n) is 7.00. The number of carboxylic acids is 1. The van der Waals surface area contributed by atoms with Crippen molar-refractivity contribution < 1.29 is 14.7 Å². The predicted molar refractivity (Wildman–Crippen MR) is 78.8 cm³/mol. The van der Waals surface area contributed by atoms with E-state index in [1.165, 1.54) is 6.07 Å². The van der Waals surface area contributed by atoms with Gasteiger partial charge in [-0.25, -0.2) is 4.79 Å². The van der Waals surface area contributed by atoms with E-state index in [0.717, 1.165) is 11.4 Å². The van der Waals surface area contributed by atoms with Crippen LogP contribution in [-0.4, -0.2) is 43.1 Å². The van der Waals surface area contributed by atoms with Gasteiger partial charge < -0.3 is 10.4 Å². The summed E-state index contributed by atoms with van der Waals surface area (Å²) in [6.07, 6.45) is 2.37. The molecule has 1 amide bonds. The fourth-order valence-electron chi connectivity index (χ4n) is 2.20. The second kappa shape index (κ2) is 6.42. The average molecular weight is 305 g/mol. The van der Waals surface area contributed by atoms with Crippen molar-refractivity contribution in [3.8, 4) is 0 Å². The van der Waals surface area contributed by atoms with Crippen LogP contribution in [0.25, 0.3) is 0 Å². The minimum Gasteiger partial charge on any atom is -0.476 e. The van der Waals surface area contributed by atoms with Gasteiger partial charge in [-0.1, -0.05) is 6.92 Å². The Hall–Kier alpha value is -2.64. The molecule has 0 atom stereocenters. The molecular formula is C14H19N5O3. The highest BCUT2D eigenvalue weighted by Crippen LogP contribution is 2.07. The van der Waals surface area contributed by atoms with Crippen molar-refractivity contribution in [1.82, 2.24) is 24.9 Å². The number of carboxylic acid groups (broad SMARTS) is 1. The first kappa shape index (κ1) is 15.7. The molecule has 0 bridgehead atoms. The van der Waals surface area contributed by atoms with Crippen LogP contribution in [0.5, 0.6) is 0 Å². The van der Waals surface area contributed by atoms with Crippen LogP contribution >= 0.6 is 0 Å². The van der Waals surface area contributed by atoms with Gasteiger partial charge in [-0.2, -0.15) is 10.2 Å². The number of hydrogen-bond donors (Lipinski definition) is 2. The van der Waals surface area contributed by atoms with E-state index >= 15 is 0 Å². The summed E-state index contributed by atoms with van der Waals surface area (Å²) in [5.74, 6) is -1.25. The lowest BCUT2D eigenvalue weighted by Gasteiger charge is -2.06. The Morgan fingerprint density at radius 2 is 2.09 bits per heavy atom. The van der Waals surface area contributed by atoms with E-state index in [-0.39, 0.29) is 11.6 Å². The number of aromatic nitrogens is 4. The molecule has 0 aliphatic heterocycles. The van der Waals surface area contributed by atoms with Gasteiger partial charge in [0, 0.05) is 25.5 Å². The zero-order valence-corrected chi connectivity index (χ0v) is 12.8. The molecule has 2 aromatic heterocycles. The van der Waals surface area contributed by atoms with E-state index in [2.05, 4.69) is 15.5 Å². The maximum absolute atomic E-state index is 12.1. The SMILES string of the molecule is CCc1nn(C)cc1C(=O)NCCn1nc(C(=O)O)cc1C. The van der Waals surface area contributed by atoms with Crippen molar-refractivity contribution in [1.29, 1.82) is 0 Å². The highest BCUT2D eigenvalue weighted by Gasteiger charge is 2.14. The molecule has 0 radical (unpaired) electrons. The second-order valence-electron chi connectivity index (χ2n) is 4.97. The number of carbonyl (C=O) groups excluding carboxylic acids is 1. The molecule has 0 aromatic carbocycles. The van der Waals surface area contributed by atoms with E-state index in [9.17, 15) is 9.59 Å².